The van der Waals surface area contributed by atoms with Gasteiger partial charge in [0.2, 0.25) is 11.8 Å². The van der Waals surface area contributed by atoms with Crippen LogP contribution in [0.3, 0.4) is 0 Å². The Morgan fingerprint density at radius 2 is 1.53 bits per heavy atom. The van der Waals surface area contributed by atoms with Crippen molar-refractivity contribution in [3.05, 3.63) is 71.8 Å². The van der Waals surface area contributed by atoms with Crippen LogP contribution in [0.2, 0.25) is 0 Å². The van der Waals surface area contributed by atoms with Gasteiger partial charge in [-0.05, 0) is 24.0 Å². The van der Waals surface area contributed by atoms with Gasteiger partial charge in [-0.15, -0.1) is 0 Å². The Labute approximate surface area is 197 Å². The summed E-state index contributed by atoms with van der Waals surface area (Å²) in [6, 6.07) is 16.7. The Hall–Kier alpha value is -2.19. The van der Waals surface area contributed by atoms with Crippen LogP contribution >= 0.6 is 0 Å². The molecule has 0 bridgehead atoms. The van der Waals surface area contributed by atoms with Crippen LogP contribution in [0.15, 0.2) is 60.7 Å². The summed E-state index contributed by atoms with van der Waals surface area (Å²) in [5.74, 6) is -2.13. The van der Waals surface area contributed by atoms with Crippen molar-refractivity contribution in [2.75, 3.05) is 6.54 Å². The average Bonchev–Trinajstić information content (AvgIpc) is 3.53. The molecule has 152 valence electrons. The topological polar surface area (TPSA) is 120 Å². The maximum Gasteiger partial charge on any atom is 1.00 e. The fourth-order valence-corrected chi connectivity index (χ4v) is 3.16. The first-order valence-corrected chi connectivity index (χ1v) is 9.67. The van der Waals surface area contributed by atoms with Gasteiger partial charge >= 0.3 is 29.6 Å². The van der Waals surface area contributed by atoms with Gasteiger partial charge in [-0.25, -0.2) is 0 Å². The zero-order valence-corrected chi connectivity index (χ0v) is 19.0. The third kappa shape index (κ3) is 7.25. The number of aliphatic carboxylic acids is 1. The molecule has 1 aliphatic rings. The van der Waals surface area contributed by atoms with Gasteiger partial charge in [0.15, 0.2) is 0 Å². The van der Waals surface area contributed by atoms with Crippen molar-refractivity contribution >= 4 is 17.8 Å². The molecule has 1 fully saturated rings. The number of aryl methyl sites for hydroxylation is 1. The van der Waals surface area contributed by atoms with Crippen LogP contribution in [0, 0.1) is 0 Å². The molecule has 3 rings (SSSR count). The third-order valence-electron chi connectivity index (χ3n) is 4.82. The van der Waals surface area contributed by atoms with Gasteiger partial charge in [-0.1, -0.05) is 60.7 Å². The molecule has 0 spiro atoms. The zero-order valence-electron chi connectivity index (χ0n) is 17.0. The molecule has 0 radical (unpaired) electrons. The van der Waals surface area contributed by atoms with Crippen molar-refractivity contribution in [2.45, 2.75) is 37.4 Å². The number of carbonyl (C=O) groups is 3. The minimum atomic E-state index is -1.32. The van der Waals surface area contributed by atoms with Gasteiger partial charge in [0.1, 0.15) is 12.1 Å². The van der Waals surface area contributed by atoms with Gasteiger partial charge in [0.25, 0.3) is 0 Å². The smallest absolute Gasteiger partial charge is 0.548 e. The van der Waals surface area contributed by atoms with Crippen LogP contribution in [0.25, 0.3) is 0 Å². The molecule has 1 aliphatic heterocycles. The molecule has 2 aromatic rings. The van der Waals surface area contributed by atoms with Crippen molar-refractivity contribution in [1.82, 2.24) is 16.0 Å². The first-order valence-electron chi connectivity index (χ1n) is 9.67. The second-order valence-corrected chi connectivity index (χ2v) is 7.07. The van der Waals surface area contributed by atoms with E-state index in [-0.39, 0.29) is 35.5 Å². The van der Waals surface area contributed by atoms with E-state index in [1.165, 1.54) is 5.56 Å². The van der Waals surface area contributed by atoms with Crippen molar-refractivity contribution in [1.29, 1.82) is 0 Å². The summed E-state index contributed by atoms with van der Waals surface area (Å²) < 4.78 is 0. The predicted octanol–water partition coefficient (Wildman–Crippen LogP) is -3.44. The molecule has 30 heavy (non-hydrogen) atoms. The molecule has 2 amide bonds. The fraction of sp³-hybridized carbons (Fsp3) is 0.318. The van der Waals surface area contributed by atoms with Crippen LogP contribution in [-0.4, -0.2) is 42.5 Å². The average molecular weight is 417 g/mol. The van der Waals surface area contributed by atoms with E-state index in [1.54, 1.807) is 0 Å². The van der Waals surface area contributed by atoms with E-state index in [9.17, 15) is 19.5 Å². The van der Waals surface area contributed by atoms with Crippen LogP contribution in [0.1, 0.15) is 17.5 Å². The molecule has 2 aromatic carbocycles. The third-order valence-corrected chi connectivity index (χ3v) is 4.82. The van der Waals surface area contributed by atoms with Crippen molar-refractivity contribution < 1.29 is 49.0 Å². The molecule has 1 heterocycles. The molecule has 0 aliphatic carbocycles. The number of hydrogen-bond donors (Lipinski definition) is 3. The van der Waals surface area contributed by atoms with Gasteiger partial charge in [-0.2, -0.15) is 0 Å². The number of nitrogens with one attached hydrogen (secondary N) is 3. The molecular formula is C22H24N3NaO4. The Balaban J connectivity index is 0.00000320. The number of carboxylic acids is 1. The molecule has 7 nitrogen and oxygen atoms in total. The minimum Gasteiger partial charge on any atom is -0.548 e. The maximum atomic E-state index is 12.7. The Kier molecular flexibility index (Phi) is 9.52. The second-order valence-electron chi connectivity index (χ2n) is 7.07. The summed E-state index contributed by atoms with van der Waals surface area (Å²) in [6.45, 7) is 0.484. The number of benzene rings is 2. The SMILES string of the molecule is O=C(NCCCc1ccccc1)[C@H](Cc1ccccc1)NC(=O)[C@H]1N[C@@H]1C(=O)[O-].[Na+]. The first-order chi connectivity index (χ1) is 14.0. The Morgan fingerprint density at radius 1 is 0.933 bits per heavy atom. The quantitative estimate of drug-likeness (QED) is 0.211. The minimum absolute atomic E-state index is 0. The van der Waals surface area contributed by atoms with E-state index in [2.05, 4.69) is 16.0 Å². The summed E-state index contributed by atoms with van der Waals surface area (Å²) in [5, 5.41) is 18.9. The van der Waals surface area contributed by atoms with Crippen LogP contribution in [0.4, 0.5) is 0 Å². The van der Waals surface area contributed by atoms with Crippen LogP contribution in [-0.2, 0) is 27.2 Å². The van der Waals surface area contributed by atoms with Crippen LogP contribution in [0.5, 0.6) is 0 Å². The monoisotopic (exact) mass is 417 g/mol. The number of hydrogen-bond acceptors (Lipinski definition) is 5. The predicted molar refractivity (Wildman–Crippen MR) is 106 cm³/mol. The van der Waals surface area contributed by atoms with E-state index in [4.69, 9.17) is 0 Å². The zero-order chi connectivity index (χ0) is 20.6. The van der Waals surface area contributed by atoms with E-state index in [1.807, 2.05) is 60.7 Å². The molecule has 3 N–H and O–H groups in total. The molecule has 8 heteroatoms. The molecule has 0 unspecified atom stereocenters. The Bertz CT molecular complexity index is 848. The standard InChI is InChI=1S/C22H25N3O4.Na/c26-20(23-13-7-12-15-8-3-1-4-9-15)17(14-16-10-5-2-6-11-16)24-21(27)18-19(25-18)22(28)29;/h1-6,8-11,17-19,25H,7,12-14H2,(H,23,26)(H,24,27)(H,28,29);/q;+1/p-1/t17-,18-,19-;/m0./s1. The number of carbonyl (C=O) groups excluding carboxylic acids is 3. The van der Waals surface area contributed by atoms with Crippen molar-refractivity contribution in [3.8, 4) is 0 Å². The van der Waals surface area contributed by atoms with Gasteiger partial charge in [-0.3, -0.25) is 14.9 Å². The maximum absolute atomic E-state index is 12.7. The molecule has 3 atom stereocenters. The van der Waals surface area contributed by atoms with Gasteiger partial charge in [0, 0.05) is 13.0 Å². The first kappa shape index (κ1) is 24.1. The van der Waals surface area contributed by atoms with Gasteiger partial charge in [0.05, 0.1) is 12.0 Å². The Morgan fingerprint density at radius 3 is 2.10 bits per heavy atom. The second kappa shape index (κ2) is 11.9. The van der Waals surface area contributed by atoms with Crippen LogP contribution < -0.4 is 50.6 Å². The fourth-order valence-electron chi connectivity index (χ4n) is 3.16. The van der Waals surface area contributed by atoms with Crippen molar-refractivity contribution in [3.63, 3.8) is 0 Å². The van der Waals surface area contributed by atoms with Gasteiger partial charge < -0.3 is 20.5 Å². The summed E-state index contributed by atoms with van der Waals surface area (Å²) in [4.78, 5) is 35.8. The summed E-state index contributed by atoms with van der Waals surface area (Å²) in [5.41, 5.74) is 2.10. The van der Waals surface area contributed by atoms with E-state index < -0.39 is 30.0 Å². The molecular weight excluding hydrogens is 393 g/mol. The molecule has 0 saturated carbocycles. The normalized spacial score (nSPS) is 17.9. The van der Waals surface area contributed by atoms with E-state index in [0.717, 1.165) is 18.4 Å². The summed E-state index contributed by atoms with van der Waals surface area (Å²) in [6.07, 6.45) is 1.94. The number of rotatable bonds is 10. The largest absolute Gasteiger partial charge is 1.00 e. The van der Waals surface area contributed by atoms with E-state index >= 15 is 0 Å². The van der Waals surface area contributed by atoms with Crippen molar-refractivity contribution in [2.24, 2.45) is 0 Å². The molecule has 0 aromatic heterocycles. The molecule has 1 saturated heterocycles. The number of amides is 2. The summed E-state index contributed by atoms with van der Waals surface area (Å²) >= 11 is 0. The van der Waals surface area contributed by atoms with E-state index in [0.29, 0.717) is 13.0 Å². The number of carboxylic acid groups (broad SMARTS) is 1. The summed E-state index contributed by atoms with van der Waals surface area (Å²) in [7, 11) is 0.